The van der Waals surface area contributed by atoms with Crippen LogP contribution in [0.3, 0.4) is 0 Å². The van der Waals surface area contributed by atoms with Gasteiger partial charge < -0.3 is 4.74 Å². The van der Waals surface area contributed by atoms with Crippen LogP contribution >= 0.6 is 15.9 Å². The second kappa shape index (κ2) is 6.39. The van der Waals surface area contributed by atoms with Crippen molar-refractivity contribution in [1.82, 2.24) is 0 Å². The zero-order chi connectivity index (χ0) is 15.5. The van der Waals surface area contributed by atoms with Crippen LogP contribution in [-0.2, 0) is 5.33 Å². The third-order valence-corrected chi connectivity index (χ3v) is 3.75. The average molecular weight is 353 g/mol. The summed E-state index contributed by atoms with van der Waals surface area (Å²) in [5, 5.41) is 0.801. The fraction of sp³-hybridized carbons (Fsp3) is 0.176. The van der Waals surface area contributed by atoms with Crippen LogP contribution in [-0.4, -0.2) is 6.11 Å². The van der Waals surface area contributed by atoms with Gasteiger partial charge in [0.05, 0.1) is 0 Å². The second-order valence-corrected chi connectivity index (χ2v) is 5.24. The van der Waals surface area contributed by atoms with Crippen molar-refractivity contribution in [3.8, 4) is 16.9 Å². The number of rotatable bonds is 5. The molecule has 0 aliphatic rings. The molecule has 4 heteroatoms. The third-order valence-electron chi connectivity index (χ3n) is 3.10. The minimum Gasteiger partial charge on any atom is -0.429 e. The smallest absolute Gasteiger partial charge is 0.419 e. The first-order valence-corrected chi connectivity index (χ1v) is 7.53. The Kier molecular flexibility index (Phi) is 4.78. The monoisotopic (exact) mass is 352 g/mol. The molecule has 0 aliphatic heterocycles. The number of hydrogen-bond donors (Lipinski definition) is 0. The topological polar surface area (TPSA) is 9.23 Å². The highest BCUT2D eigenvalue weighted by molar-refractivity contribution is 9.08. The summed E-state index contributed by atoms with van der Waals surface area (Å²) in [7, 11) is 0. The molecule has 0 saturated heterocycles. The summed E-state index contributed by atoms with van der Waals surface area (Å²) in [6.07, 6.45) is -2.87. The van der Waals surface area contributed by atoms with E-state index in [1.807, 2.05) is 30.3 Å². The lowest BCUT2D eigenvalue weighted by Gasteiger charge is -2.16. The van der Waals surface area contributed by atoms with E-state index in [0.29, 0.717) is 11.6 Å². The second-order valence-electron chi connectivity index (χ2n) is 4.68. The molecule has 2 aromatic rings. The summed E-state index contributed by atoms with van der Waals surface area (Å²) < 4.78 is 31.0. The molecular weight excluding hydrogens is 338 g/mol. The fourth-order valence-corrected chi connectivity index (χ4v) is 2.29. The number of halogens is 3. The van der Waals surface area contributed by atoms with E-state index in [1.165, 1.54) is 5.56 Å². The van der Waals surface area contributed by atoms with Gasteiger partial charge in [0.2, 0.25) is 0 Å². The van der Waals surface area contributed by atoms with Gasteiger partial charge in [0, 0.05) is 11.4 Å². The van der Waals surface area contributed by atoms with Crippen LogP contribution in [0.15, 0.2) is 55.1 Å². The Hall–Kier alpha value is -1.68. The quantitative estimate of drug-likeness (QED) is 0.494. The molecule has 0 saturated carbocycles. The van der Waals surface area contributed by atoms with Crippen LogP contribution in [0.2, 0.25) is 0 Å². The first-order valence-electron chi connectivity index (χ1n) is 6.41. The minimum absolute atomic E-state index is 0.153. The maximum absolute atomic E-state index is 13.2. The van der Waals surface area contributed by atoms with Crippen LogP contribution in [0.1, 0.15) is 11.1 Å². The maximum Gasteiger partial charge on any atom is 0.419 e. The molecule has 0 aliphatic carbocycles. The molecule has 21 heavy (non-hydrogen) atoms. The summed E-state index contributed by atoms with van der Waals surface area (Å²) in [5.74, 6) is 0.153. The number of ether oxygens (including phenoxy) is 1. The van der Waals surface area contributed by atoms with Gasteiger partial charge in [-0.3, -0.25) is 0 Å². The first kappa shape index (κ1) is 15.7. The molecule has 0 heterocycles. The van der Waals surface area contributed by atoms with Crippen LogP contribution in [0.25, 0.3) is 11.1 Å². The van der Waals surface area contributed by atoms with Gasteiger partial charge in [-0.25, -0.2) is 0 Å². The van der Waals surface area contributed by atoms with Crippen molar-refractivity contribution in [3.63, 3.8) is 0 Å². The Bertz CT molecular complexity index is 636. The number of hydrogen-bond acceptors (Lipinski definition) is 1. The van der Waals surface area contributed by atoms with Gasteiger partial charge in [0.15, 0.2) is 0 Å². The van der Waals surface area contributed by atoms with Gasteiger partial charge in [-0.05, 0) is 41.3 Å². The average Bonchev–Trinajstić information content (AvgIpc) is 2.49. The molecule has 2 aromatic carbocycles. The van der Waals surface area contributed by atoms with Gasteiger partial charge in [-0.2, -0.15) is 8.78 Å². The molecular formula is C17H15BrF2O. The van der Waals surface area contributed by atoms with Gasteiger partial charge in [-0.15, -0.1) is 0 Å². The minimum atomic E-state index is -3.36. The van der Waals surface area contributed by atoms with E-state index < -0.39 is 6.11 Å². The Morgan fingerprint density at radius 2 is 1.76 bits per heavy atom. The predicted molar refractivity (Wildman–Crippen MR) is 85.0 cm³/mol. The van der Waals surface area contributed by atoms with Crippen molar-refractivity contribution in [3.05, 3.63) is 66.2 Å². The number of alkyl halides is 3. The lowest BCUT2D eigenvalue weighted by molar-refractivity contribution is -0.131. The Balaban J connectivity index is 2.27. The molecule has 0 spiro atoms. The molecule has 0 unspecified atom stereocenters. The largest absolute Gasteiger partial charge is 0.429 e. The summed E-state index contributed by atoms with van der Waals surface area (Å²) >= 11 is 3.40. The van der Waals surface area contributed by atoms with Gasteiger partial charge in [0.1, 0.15) is 5.75 Å². The highest BCUT2D eigenvalue weighted by Gasteiger charge is 2.27. The molecule has 0 aromatic heterocycles. The molecule has 1 nitrogen and oxygen atoms in total. The SMILES string of the molecule is C=CC(F)(F)Oc1ccc(-c2ccc(CBr)cc2)cc1C. The van der Waals surface area contributed by atoms with E-state index >= 15 is 0 Å². The van der Waals surface area contributed by atoms with E-state index in [1.54, 1.807) is 19.1 Å². The van der Waals surface area contributed by atoms with Crippen LogP contribution in [0.4, 0.5) is 8.78 Å². The normalized spacial score (nSPS) is 11.2. The van der Waals surface area contributed by atoms with E-state index in [2.05, 4.69) is 27.2 Å². The van der Waals surface area contributed by atoms with E-state index in [4.69, 9.17) is 0 Å². The van der Waals surface area contributed by atoms with Crippen molar-refractivity contribution in [2.24, 2.45) is 0 Å². The lowest BCUT2D eigenvalue weighted by Crippen LogP contribution is -2.21. The molecule has 0 amide bonds. The van der Waals surface area contributed by atoms with E-state index in [-0.39, 0.29) is 5.75 Å². The summed E-state index contributed by atoms with van der Waals surface area (Å²) in [6, 6.07) is 13.2. The predicted octanol–water partition coefficient (Wildman–Crippen LogP) is 5.71. The van der Waals surface area contributed by atoms with Gasteiger partial charge in [0.25, 0.3) is 0 Å². The van der Waals surface area contributed by atoms with Gasteiger partial charge >= 0.3 is 6.11 Å². The molecule has 2 rings (SSSR count). The fourth-order valence-electron chi connectivity index (χ4n) is 1.92. The Morgan fingerprint density at radius 3 is 2.29 bits per heavy atom. The van der Waals surface area contributed by atoms with E-state index in [0.717, 1.165) is 16.5 Å². The molecule has 0 fully saturated rings. The zero-order valence-corrected chi connectivity index (χ0v) is 13.2. The number of benzene rings is 2. The lowest BCUT2D eigenvalue weighted by atomic mass is 10.0. The highest BCUT2D eigenvalue weighted by Crippen LogP contribution is 2.30. The molecule has 0 radical (unpaired) electrons. The summed E-state index contributed by atoms with van der Waals surface area (Å²) in [6.45, 7) is 4.80. The molecule has 0 atom stereocenters. The Labute approximate surface area is 131 Å². The van der Waals surface area contributed by atoms with Crippen LogP contribution in [0, 0.1) is 6.92 Å². The highest BCUT2D eigenvalue weighted by atomic mass is 79.9. The first-order chi connectivity index (χ1) is 9.95. The molecule has 0 N–H and O–H groups in total. The van der Waals surface area contributed by atoms with Crippen molar-refractivity contribution >= 4 is 15.9 Å². The molecule has 0 bridgehead atoms. The van der Waals surface area contributed by atoms with Crippen molar-refractivity contribution in [1.29, 1.82) is 0 Å². The van der Waals surface area contributed by atoms with Crippen molar-refractivity contribution < 1.29 is 13.5 Å². The number of aryl methyl sites for hydroxylation is 1. The maximum atomic E-state index is 13.2. The standard InChI is InChI=1S/C17H15BrF2O/c1-3-17(19,20)21-16-9-8-15(10-12(16)2)14-6-4-13(11-18)5-7-14/h3-10H,1,11H2,2H3. The van der Waals surface area contributed by atoms with Crippen molar-refractivity contribution in [2.75, 3.05) is 0 Å². The van der Waals surface area contributed by atoms with Gasteiger partial charge in [-0.1, -0.05) is 52.8 Å². The zero-order valence-electron chi connectivity index (χ0n) is 11.6. The molecule has 110 valence electrons. The summed E-state index contributed by atoms with van der Waals surface area (Å²) in [5.41, 5.74) is 3.83. The van der Waals surface area contributed by atoms with Crippen molar-refractivity contribution in [2.45, 2.75) is 18.4 Å². The van der Waals surface area contributed by atoms with Crippen LogP contribution < -0.4 is 4.74 Å². The van der Waals surface area contributed by atoms with Crippen LogP contribution in [0.5, 0.6) is 5.75 Å². The Morgan fingerprint density at radius 1 is 1.14 bits per heavy atom. The van der Waals surface area contributed by atoms with E-state index in [9.17, 15) is 8.78 Å². The third kappa shape index (κ3) is 3.91. The summed E-state index contributed by atoms with van der Waals surface area (Å²) in [4.78, 5) is 0.